The van der Waals surface area contributed by atoms with E-state index in [0.29, 0.717) is 58.7 Å². The van der Waals surface area contributed by atoms with Crippen molar-refractivity contribution >= 4 is 79.4 Å². The predicted octanol–water partition coefficient (Wildman–Crippen LogP) is 8.25. The first-order valence-electron chi connectivity index (χ1n) is 23.0. The van der Waals surface area contributed by atoms with E-state index in [2.05, 4.69) is 32.3 Å². The number of pyridine rings is 4. The van der Waals surface area contributed by atoms with Crippen molar-refractivity contribution in [3.05, 3.63) is 126 Å². The highest BCUT2D eigenvalue weighted by molar-refractivity contribution is 6.83. The minimum absolute atomic E-state index is 0.110. The number of nitrogens with zero attached hydrogens (tertiary/aromatic N) is 4. The Hall–Kier alpha value is -5.30. The van der Waals surface area contributed by atoms with Crippen molar-refractivity contribution in [3.63, 3.8) is 0 Å². The summed E-state index contributed by atoms with van der Waals surface area (Å²) in [6.07, 6.45) is 2.80. The number of rotatable bonds is 10. The summed E-state index contributed by atoms with van der Waals surface area (Å²) in [6, 6.07) is 23.4. The van der Waals surface area contributed by atoms with E-state index in [9.17, 15) is 34.2 Å². The molecule has 2 N–H and O–H groups in total. The van der Waals surface area contributed by atoms with Crippen LogP contribution in [0, 0.1) is 0 Å². The molecule has 0 unspecified atom stereocenters. The van der Waals surface area contributed by atoms with Crippen molar-refractivity contribution in [2.24, 2.45) is 0 Å². The number of aromatic nitrogens is 4. The smallest absolute Gasteiger partial charge is 0.343 e. The van der Waals surface area contributed by atoms with Gasteiger partial charge in [0.1, 0.15) is 19.5 Å². The second-order valence-corrected chi connectivity index (χ2v) is 31.4. The van der Waals surface area contributed by atoms with E-state index < -0.39 is 39.3 Å². The highest BCUT2D eigenvalue weighted by Gasteiger charge is 2.47. The van der Waals surface area contributed by atoms with Crippen LogP contribution in [0.1, 0.15) is 72.1 Å². The fourth-order valence-electron chi connectivity index (χ4n) is 9.37. The van der Waals surface area contributed by atoms with Gasteiger partial charge in [0, 0.05) is 50.5 Å². The lowest BCUT2D eigenvalue weighted by molar-refractivity contribution is -0.172. The fraction of sp³-hybridized carbons (Fsp3) is 0.392. The second-order valence-electron chi connectivity index (χ2n) is 19.6. The van der Waals surface area contributed by atoms with Crippen LogP contribution in [0.25, 0.3) is 44.6 Å². The van der Waals surface area contributed by atoms with E-state index in [-0.39, 0.29) is 37.2 Å². The van der Waals surface area contributed by atoms with Crippen molar-refractivity contribution in [2.75, 3.05) is 11.0 Å². The molecule has 0 amide bonds. The molecule has 0 fully saturated rings. The van der Waals surface area contributed by atoms with Gasteiger partial charge >= 0.3 is 11.9 Å². The number of para-hydroxylation sites is 2. The minimum Gasteiger partial charge on any atom is -0.458 e. The van der Waals surface area contributed by atoms with Gasteiger partial charge in [0.25, 0.3) is 11.1 Å². The molecular formula is C51H56Cl2N4O9Si2. The number of carbonyl (C=O) groups excluding carboxylic acids is 3. The molecule has 68 heavy (non-hydrogen) atoms. The van der Waals surface area contributed by atoms with E-state index in [0.717, 1.165) is 74.6 Å². The molecule has 0 saturated heterocycles. The first-order valence-corrected chi connectivity index (χ1v) is 30.9. The van der Waals surface area contributed by atoms with Crippen LogP contribution in [0.4, 0.5) is 0 Å². The Morgan fingerprint density at radius 2 is 1.21 bits per heavy atom. The third kappa shape index (κ3) is 8.70. The lowest BCUT2D eigenvalue weighted by Crippen LogP contribution is -2.44. The van der Waals surface area contributed by atoms with Crippen molar-refractivity contribution in [2.45, 2.75) is 115 Å². The number of aryl methyl sites for hydroxylation is 1. The number of ether oxygens (including phenoxy) is 2. The zero-order valence-corrected chi connectivity index (χ0v) is 42.7. The molecule has 4 aromatic heterocycles. The normalized spacial score (nSPS) is 18.7. The molecule has 0 saturated carbocycles. The Morgan fingerprint density at radius 1 is 0.691 bits per heavy atom. The fourth-order valence-corrected chi connectivity index (χ4v) is 12.3. The van der Waals surface area contributed by atoms with Gasteiger partial charge in [-0.05, 0) is 61.2 Å². The third-order valence-corrected chi connectivity index (χ3v) is 22.9. The van der Waals surface area contributed by atoms with Gasteiger partial charge < -0.3 is 33.6 Å². The zero-order valence-electron chi connectivity index (χ0n) is 39.2. The van der Waals surface area contributed by atoms with Crippen LogP contribution in [0.3, 0.4) is 0 Å². The Labute approximate surface area is 406 Å². The zero-order chi connectivity index (χ0) is 48.9. The molecule has 356 valence electrons. The molecule has 0 bridgehead atoms. The number of fused-ring (bicyclic) bond motifs is 10. The van der Waals surface area contributed by atoms with Crippen LogP contribution < -0.4 is 11.1 Å². The number of carbonyl (C=O) groups is 3. The van der Waals surface area contributed by atoms with Crippen molar-refractivity contribution in [1.82, 2.24) is 19.1 Å². The maximum Gasteiger partial charge on any atom is 0.343 e. The summed E-state index contributed by atoms with van der Waals surface area (Å²) >= 11 is 11.9. The number of hydrogen-bond acceptors (Lipinski definition) is 11. The van der Waals surface area contributed by atoms with Crippen LogP contribution in [0.5, 0.6) is 0 Å². The van der Waals surface area contributed by atoms with Crippen LogP contribution >= 0.6 is 23.2 Å². The third-order valence-electron chi connectivity index (χ3n) is 13.8. The molecule has 2 aromatic carbocycles. The van der Waals surface area contributed by atoms with Gasteiger partial charge in [-0.25, -0.2) is 19.6 Å². The molecule has 0 radical (unpaired) electrons. The SMILES string of the molecule is CC[C@@]1(O)C(=O)OCc2c1cc1n(c2=O)Cc2c-1nc1ccccc1c2CC[Si](C)(C)CCl.CC[C@@]1(O)C(=O)OCc2c1cc1n(c2=O)Cc2cc3ccccc3nc2-1.C[Si](C)(CCl)CCC=O. The van der Waals surface area contributed by atoms with Gasteiger partial charge in [0.05, 0.1) is 74.2 Å². The van der Waals surface area contributed by atoms with Crippen LogP contribution in [0.15, 0.2) is 76.3 Å². The number of benzene rings is 2. The molecule has 4 aliphatic heterocycles. The van der Waals surface area contributed by atoms with Gasteiger partial charge in [-0.1, -0.05) is 82.5 Å². The molecule has 2 atom stereocenters. The molecule has 6 aromatic rings. The average Bonchev–Trinajstić information content (AvgIpc) is 3.90. The first kappa shape index (κ1) is 49.1. The molecule has 4 aliphatic rings. The van der Waals surface area contributed by atoms with E-state index in [1.807, 2.05) is 48.5 Å². The van der Waals surface area contributed by atoms with Crippen LogP contribution in [-0.4, -0.2) is 74.7 Å². The summed E-state index contributed by atoms with van der Waals surface area (Å²) in [5, 5.41) is 24.0. The van der Waals surface area contributed by atoms with Crippen LogP contribution in [-0.2, 0) is 67.8 Å². The summed E-state index contributed by atoms with van der Waals surface area (Å²) in [7, 11) is -2.70. The van der Waals surface area contributed by atoms with E-state index in [4.69, 9.17) is 42.6 Å². The standard InChI is InChI=1S/C25H27ClN2O4Si.C20H16N2O4.C6H13ClOSi/c1-4-25(31)19-11-21-22-17(12-28(21)23(29)18(19)13-32-24(25)30)15(9-10-33(2,3)14-26)16-7-5-6-8-20(16)27-22;1-2-20(25)14-8-16-17-12(7-11-5-3-4-6-15(11)21-17)9-22(16)18(23)13(14)10-26-19(20)24;1-9(2,6-7)5-3-4-8/h5-8,11,31H,4,9-10,12-14H2,1-3H3;3-8,25H,2,9-10H2,1H3;4H,3,5-6H2,1-2H3/t25-;20-;/m00./s1. The quantitative estimate of drug-likeness (QED) is 0.0583. The number of esters is 2. The Bertz CT molecular complexity index is 3150. The molecule has 0 spiro atoms. The van der Waals surface area contributed by atoms with Gasteiger partial charge in [-0.15, -0.1) is 23.2 Å². The topological polar surface area (TPSA) is 180 Å². The predicted molar refractivity (Wildman–Crippen MR) is 269 cm³/mol. The number of aldehydes is 1. The van der Waals surface area contributed by atoms with Crippen molar-refractivity contribution in [3.8, 4) is 22.8 Å². The largest absolute Gasteiger partial charge is 0.458 e. The molecule has 13 nitrogen and oxygen atoms in total. The van der Waals surface area contributed by atoms with Crippen molar-refractivity contribution in [1.29, 1.82) is 0 Å². The summed E-state index contributed by atoms with van der Waals surface area (Å²) in [5.41, 5.74) is 6.45. The van der Waals surface area contributed by atoms with E-state index >= 15 is 0 Å². The van der Waals surface area contributed by atoms with Gasteiger partial charge in [-0.3, -0.25) is 9.59 Å². The molecule has 17 heteroatoms. The number of halogens is 2. The van der Waals surface area contributed by atoms with E-state index in [1.54, 1.807) is 35.1 Å². The van der Waals surface area contributed by atoms with Gasteiger partial charge in [-0.2, -0.15) is 0 Å². The Kier molecular flexibility index (Phi) is 13.7. The monoisotopic (exact) mass is 994 g/mol. The van der Waals surface area contributed by atoms with Gasteiger partial charge in [0.2, 0.25) is 0 Å². The van der Waals surface area contributed by atoms with Crippen molar-refractivity contribution < 1.29 is 34.1 Å². The number of hydrogen-bond donors (Lipinski definition) is 2. The molecule has 10 rings (SSSR count). The maximum absolute atomic E-state index is 13.5. The minimum atomic E-state index is -1.82. The summed E-state index contributed by atoms with van der Waals surface area (Å²) in [6.45, 7) is 13.0. The van der Waals surface area contributed by atoms with Crippen LogP contribution in [0.2, 0.25) is 38.3 Å². The lowest BCUT2D eigenvalue weighted by atomic mass is 9.86. The second kappa shape index (κ2) is 18.9. The number of cyclic esters (lactones) is 2. The highest BCUT2D eigenvalue weighted by Crippen LogP contribution is 2.42. The average molecular weight is 996 g/mol. The number of aliphatic hydroxyl groups is 2. The Balaban J connectivity index is 0.000000159. The Morgan fingerprint density at radius 3 is 1.78 bits per heavy atom. The first-order chi connectivity index (χ1) is 32.3. The molecule has 0 aliphatic carbocycles. The molecule has 8 heterocycles. The highest BCUT2D eigenvalue weighted by atomic mass is 35.5. The maximum atomic E-state index is 13.5. The summed E-state index contributed by atoms with van der Waals surface area (Å²) in [5.74, 6) is -1.41. The molecular weight excluding hydrogens is 940 g/mol. The van der Waals surface area contributed by atoms with E-state index in [1.165, 1.54) is 5.56 Å². The summed E-state index contributed by atoms with van der Waals surface area (Å²) < 4.78 is 13.6. The summed E-state index contributed by atoms with van der Waals surface area (Å²) in [4.78, 5) is 70.6. The lowest BCUT2D eigenvalue weighted by Gasteiger charge is -2.31. The number of alkyl halides is 2. The van der Waals surface area contributed by atoms with Gasteiger partial charge in [0.15, 0.2) is 11.2 Å².